The molecule has 0 radical (unpaired) electrons. The van der Waals surface area contributed by atoms with Crippen molar-refractivity contribution in [2.75, 3.05) is 5.32 Å². The van der Waals surface area contributed by atoms with Crippen molar-refractivity contribution in [3.63, 3.8) is 0 Å². The molecule has 94 valence electrons. The number of halogens is 3. The molecule has 2 aromatic rings. The quantitative estimate of drug-likeness (QED) is 0.803. The molecule has 1 atom stereocenters. The van der Waals surface area contributed by atoms with Crippen LogP contribution < -0.4 is 5.32 Å². The van der Waals surface area contributed by atoms with Crippen molar-refractivity contribution < 1.29 is 13.2 Å². The third-order valence-corrected chi connectivity index (χ3v) is 2.68. The van der Waals surface area contributed by atoms with Crippen molar-refractivity contribution in [3.8, 4) is 0 Å². The van der Waals surface area contributed by atoms with Crippen LogP contribution in [0.15, 0.2) is 42.5 Å². The van der Waals surface area contributed by atoms with Gasteiger partial charge < -0.3 is 5.32 Å². The fourth-order valence-corrected chi connectivity index (χ4v) is 1.69. The first-order chi connectivity index (χ1) is 8.58. The van der Waals surface area contributed by atoms with Gasteiger partial charge in [0.05, 0.1) is 5.69 Å². The van der Waals surface area contributed by atoms with Gasteiger partial charge in [-0.25, -0.2) is 13.2 Å². The van der Waals surface area contributed by atoms with Gasteiger partial charge in [0.1, 0.15) is 5.82 Å². The van der Waals surface area contributed by atoms with Crippen molar-refractivity contribution >= 4 is 5.69 Å². The van der Waals surface area contributed by atoms with Gasteiger partial charge in [-0.3, -0.25) is 0 Å². The van der Waals surface area contributed by atoms with Gasteiger partial charge in [0.15, 0.2) is 11.6 Å². The lowest BCUT2D eigenvalue weighted by Crippen LogP contribution is -2.08. The summed E-state index contributed by atoms with van der Waals surface area (Å²) in [5, 5.41) is 2.81. The van der Waals surface area contributed by atoms with Gasteiger partial charge in [-0.15, -0.1) is 0 Å². The van der Waals surface area contributed by atoms with Crippen LogP contribution in [-0.2, 0) is 0 Å². The Kier molecular flexibility index (Phi) is 3.55. The summed E-state index contributed by atoms with van der Waals surface area (Å²) in [7, 11) is 0. The van der Waals surface area contributed by atoms with Crippen LogP contribution in [0.25, 0.3) is 0 Å². The molecule has 0 heterocycles. The molecule has 0 saturated heterocycles. The maximum Gasteiger partial charge on any atom is 0.161 e. The lowest BCUT2D eigenvalue weighted by atomic mass is 10.1. The summed E-state index contributed by atoms with van der Waals surface area (Å²) in [5.41, 5.74) is 0.881. The summed E-state index contributed by atoms with van der Waals surface area (Å²) in [6, 6.07) is 10.5. The lowest BCUT2D eigenvalue weighted by Gasteiger charge is -2.16. The molecule has 18 heavy (non-hydrogen) atoms. The number of anilines is 1. The lowest BCUT2D eigenvalue weighted by molar-refractivity contribution is 0.495. The SMILES string of the molecule is CC(Nc1cc(F)c(F)cc1F)c1ccccc1. The molecule has 1 N–H and O–H groups in total. The molecule has 0 aliphatic heterocycles. The molecule has 1 nitrogen and oxygen atoms in total. The minimum absolute atomic E-state index is 0.0507. The van der Waals surface area contributed by atoms with Crippen LogP contribution in [0.4, 0.5) is 18.9 Å². The van der Waals surface area contributed by atoms with E-state index in [0.29, 0.717) is 6.07 Å². The van der Waals surface area contributed by atoms with Crippen molar-refractivity contribution in [3.05, 3.63) is 65.5 Å². The zero-order chi connectivity index (χ0) is 13.1. The molecule has 2 rings (SSSR count). The zero-order valence-corrected chi connectivity index (χ0v) is 9.75. The minimum atomic E-state index is -1.19. The van der Waals surface area contributed by atoms with E-state index in [1.807, 2.05) is 37.3 Å². The minimum Gasteiger partial charge on any atom is -0.376 e. The molecule has 0 fully saturated rings. The highest BCUT2D eigenvalue weighted by molar-refractivity contribution is 5.47. The maximum atomic E-state index is 13.4. The van der Waals surface area contributed by atoms with Gasteiger partial charge in [-0.05, 0) is 12.5 Å². The van der Waals surface area contributed by atoms with E-state index in [-0.39, 0.29) is 11.7 Å². The van der Waals surface area contributed by atoms with E-state index in [1.54, 1.807) is 0 Å². The van der Waals surface area contributed by atoms with E-state index in [2.05, 4.69) is 5.32 Å². The van der Waals surface area contributed by atoms with Crippen molar-refractivity contribution in [2.24, 2.45) is 0 Å². The molecule has 0 bridgehead atoms. The standard InChI is InChI=1S/C14H12F3N/c1-9(10-5-3-2-4-6-10)18-14-8-12(16)11(15)7-13(14)17/h2-9,18H,1H3. The topological polar surface area (TPSA) is 12.0 Å². The molecular formula is C14H12F3N. The highest BCUT2D eigenvalue weighted by Crippen LogP contribution is 2.23. The number of rotatable bonds is 3. The second kappa shape index (κ2) is 5.12. The Balaban J connectivity index is 2.22. The number of hydrogen-bond donors (Lipinski definition) is 1. The van der Waals surface area contributed by atoms with E-state index in [4.69, 9.17) is 0 Å². The Morgan fingerprint density at radius 3 is 2.17 bits per heavy atom. The van der Waals surface area contributed by atoms with Crippen LogP contribution in [0.2, 0.25) is 0 Å². The molecule has 4 heteroatoms. The van der Waals surface area contributed by atoms with Crippen molar-refractivity contribution in [1.82, 2.24) is 0 Å². The Morgan fingerprint density at radius 2 is 1.50 bits per heavy atom. The Bertz CT molecular complexity index is 540. The second-order valence-corrected chi connectivity index (χ2v) is 4.02. The molecule has 0 amide bonds. The van der Waals surface area contributed by atoms with Gasteiger partial charge in [0, 0.05) is 18.2 Å². The fraction of sp³-hybridized carbons (Fsp3) is 0.143. The first kappa shape index (κ1) is 12.5. The van der Waals surface area contributed by atoms with E-state index >= 15 is 0 Å². The predicted octanol–water partition coefficient (Wildman–Crippen LogP) is 4.28. The number of benzene rings is 2. The molecule has 1 unspecified atom stereocenters. The first-order valence-electron chi connectivity index (χ1n) is 5.54. The summed E-state index contributed by atoms with van der Waals surface area (Å²) >= 11 is 0. The Labute approximate surface area is 103 Å². The third kappa shape index (κ3) is 2.64. The van der Waals surface area contributed by atoms with Gasteiger partial charge in [-0.2, -0.15) is 0 Å². The molecule has 0 aromatic heterocycles. The summed E-state index contributed by atoms with van der Waals surface area (Å²) in [6.45, 7) is 1.82. The van der Waals surface area contributed by atoms with E-state index < -0.39 is 17.5 Å². The number of hydrogen-bond acceptors (Lipinski definition) is 1. The second-order valence-electron chi connectivity index (χ2n) is 4.02. The third-order valence-electron chi connectivity index (χ3n) is 2.68. The zero-order valence-electron chi connectivity index (χ0n) is 9.75. The van der Waals surface area contributed by atoms with Crippen LogP contribution in [0.5, 0.6) is 0 Å². The average Bonchev–Trinajstić information content (AvgIpc) is 2.37. The van der Waals surface area contributed by atoms with E-state index in [9.17, 15) is 13.2 Å². The molecule has 0 saturated carbocycles. The smallest absolute Gasteiger partial charge is 0.161 e. The molecule has 0 aliphatic rings. The Hall–Kier alpha value is -1.97. The fourth-order valence-electron chi connectivity index (χ4n) is 1.69. The number of nitrogens with one attached hydrogen (secondary N) is 1. The van der Waals surface area contributed by atoms with Gasteiger partial charge in [0.25, 0.3) is 0 Å². The van der Waals surface area contributed by atoms with Crippen LogP contribution in [0.1, 0.15) is 18.5 Å². The first-order valence-corrected chi connectivity index (χ1v) is 5.54. The summed E-state index contributed by atoms with van der Waals surface area (Å²) < 4.78 is 39.2. The Morgan fingerprint density at radius 1 is 0.889 bits per heavy atom. The van der Waals surface area contributed by atoms with Gasteiger partial charge >= 0.3 is 0 Å². The largest absolute Gasteiger partial charge is 0.376 e. The molecule has 0 aliphatic carbocycles. The van der Waals surface area contributed by atoms with Gasteiger partial charge in [-0.1, -0.05) is 30.3 Å². The maximum absolute atomic E-state index is 13.4. The average molecular weight is 251 g/mol. The molecular weight excluding hydrogens is 239 g/mol. The highest BCUT2D eigenvalue weighted by atomic mass is 19.2. The summed E-state index contributed by atoms with van der Waals surface area (Å²) in [5.74, 6) is -3.07. The molecule has 0 spiro atoms. The van der Waals surface area contributed by atoms with E-state index in [0.717, 1.165) is 11.6 Å². The van der Waals surface area contributed by atoms with Crippen LogP contribution in [0.3, 0.4) is 0 Å². The highest BCUT2D eigenvalue weighted by Gasteiger charge is 2.12. The van der Waals surface area contributed by atoms with Gasteiger partial charge in [0.2, 0.25) is 0 Å². The summed E-state index contributed by atoms with van der Waals surface area (Å²) in [6.07, 6.45) is 0. The van der Waals surface area contributed by atoms with E-state index in [1.165, 1.54) is 0 Å². The molecule has 2 aromatic carbocycles. The van der Waals surface area contributed by atoms with Crippen molar-refractivity contribution in [2.45, 2.75) is 13.0 Å². The van der Waals surface area contributed by atoms with Crippen molar-refractivity contribution in [1.29, 1.82) is 0 Å². The normalized spacial score (nSPS) is 12.2. The van der Waals surface area contributed by atoms with Crippen LogP contribution >= 0.6 is 0 Å². The monoisotopic (exact) mass is 251 g/mol. The predicted molar refractivity (Wildman–Crippen MR) is 64.8 cm³/mol. The van der Waals surface area contributed by atoms with Crippen LogP contribution in [0, 0.1) is 17.5 Å². The van der Waals surface area contributed by atoms with Crippen LogP contribution in [-0.4, -0.2) is 0 Å². The summed E-state index contributed by atoms with van der Waals surface area (Å²) in [4.78, 5) is 0.